The van der Waals surface area contributed by atoms with Crippen molar-refractivity contribution in [2.75, 3.05) is 51.3 Å². The van der Waals surface area contributed by atoms with E-state index in [1.165, 1.54) is 19.3 Å². The molecule has 2 fully saturated rings. The first-order valence-electron chi connectivity index (χ1n) is 11.4. The molecule has 0 unspecified atom stereocenters. The predicted octanol–water partition coefficient (Wildman–Crippen LogP) is 3.70. The summed E-state index contributed by atoms with van der Waals surface area (Å²) in [5.41, 5.74) is 0.746. The van der Waals surface area contributed by atoms with E-state index in [0.717, 1.165) is 68.3 Å². The SMILES string of the molecule is COCCC(=O)N[C@H]1CC[C@H](CCN2CCN(c3noc4cc(Cl)ccc34)CC2)CC1. The average molecular weight is 449 g/mol. The number of benzene rings is 1. The molecule has 170 valence electrons. The number of methoxy groups -OCH3 is 1. The smallest absolute Gasteiger partial charge is 0.222 e. The first kappa shape index (κ1) is 22.4. The lowest BCUT2D eigenvalue weighted by molar-refractivity contribution is -0.122. The summed E-state index contributed by atoms with van der Waals surface area (Å²) in [4.78, 5) is 16.7. The molecule has 0 bridgehead atoms. The lowest BCUT2D eigenvalue weighted by Crippen LogP contribution is -2.47. The number of hydrogen-bond acceptors (Lipinski definition) is 6. The maximum absolute atomic E-state index is 11.9. The topological polar surface area (TPSA) is 70.8 Å². The lowest BCUT2D eigenvalue weighted by Gasteiger charge is -2.36. The Balaban J connectivity index is 1.16. The van der Waals surface area contributed by atoms with Gasteiger partial charge in [0, 0.05) is 56.8 Å². The van der Waals surface area contributed by atoms with Gasteiger partial charge in [0.25, 0.3) is 0 Å². The van der Waals surface area contributed by atoms with E-state index in [1.807, 2.05) is 18.2 Å². The molecule has 1 aliphatic heterocycles. The lowest BCUT2D eigenvalue weighted by atomic mass is 9.84. The van der Waals surface area contributed by atoms with Crippen LogP contribution in [0.15, 0.2) is 22.7 Å². The molecule has 8 heteroatoms. The van der Waals surface area contributed by atoms with Crippen LogP contribution in [-0.2, 0) is 9.53 Å². The minimum Gasteiger partial charge on any atom is -0.384 e. The van der Waals surface area contributed by atoms with Crippen molar-refractivity contribution in [1.82, 2.24) is 15.4 Å². The van der Waals surface area contributed by atoms with Gasteiger partial charge in [-0.2, -0.15) is 0 Å². The van der Waals surface area contributed by atoms with Crippen molar-refractivity contribution in [3.05, 3.63) is 23.2 Å². The molecule has 0 atom stereocenters. The van der Waals surface area contributed by atoms with Crippen LogP contribution in [0.3, 0.4) is 0 Å². The molecule has 2 aliphatic rings. The van der Waals surface area contributed by atoms with E-state index < -0.39 is 0 Å². The Hall–Kier alpha value is -1.83. The van der Waals surface area contributed by atoms with Crippen LogP contribution in [0.2, 0.25) is 5.02 Å². The summed E-state index contributed by atoms with van der Waals surface area (Å²) < 4.78 is 10.4. The van der Waals surface area contributed by atoms with Crippen molar-refractivity contribution in [2.45, 2.75) is 44.6 Å². The number of amides is 1. The van der Waals surface area contributed by atoms with Gasteiger partial charge in [0.15, 0.2) is 11.4 Å². The van der Waals surface area contributed by atoms with E-state index in [1.54, 1.807) is 7.11 Å². The molecular weight excluding hydrogens is 416 g/mol. The number of halogens is 1. The zero-order chi connectivity index (χ0) is 21.6. The van der Waals surface area contributed by atoms with Gasteiger partial charge in [0.05, 0.1) is 12.0 Å². The van der Waals surface area contributed by atoms with Crippen LogP contribution in [0.25, 0.3) is 11.0 Å². The number of carbonyl (C=O) groups is 1. The fourth-order valence-corrected chi connectivity index (χ4v) is 4.93. The monoisotopic (exact) mass is 448 g/mol. The number of hydrogen-bond donors (Lipinski definition) is 1. The van der Waals surface area contributed by atoms with Crippen LogP contribution in [0, 0.1) is 5.92 Å². The number of fused-ring (bicyclic) bond motifs is 1. The number of aromatic nitrogens is 1. The number of nitrogens with one attached hydrogen (secondary N) is 1. The molecule has 31 heavy (non-hydrogen) atoms. The second kappa shape index (κ2) is 10.7. The molecule has 2 aromatic rings. The second-order valence-corrected chi connectivity index (χ2v) is 9.23. The summed E-state index contributed by atoms with van der Waals surface area (Å²) in [6, 6.07) is 6.05. The van der Waals surface area contributed by atoms with Gasteiger partial charge < -0.3 is 19.5 Å². The van der Waals surface area contributed by atoms with Crippen LogP contribution in [0.5, 0.6) is 0 Å². The maximum Gasteiger partial charge on any atom is 0.222 e. The Morgan fingerprint density at radius 1 is 1.23 bits per heavy atom. The van der Waals surface area contributed by atoms with E-state index in [-0.39, 0.29) is 5.91 Å². The summed E-state index contributed by atoms with van der Waals surface area (Å²) in [5.74, 6) is 1.82. The third kappa shape index (κ3) is 5.90. The van der Waals surface area contributed by atoms with Crippen LogP contribution in [0.4, 0.5) is 5.82 Å². The molecule has 2 heterocycles. The van der Waals surface area contributed by atoms with Crippen molar-refractivity contribution in [3.8, 4) is 0 Å². The summed E-state index contributed by atoms with van der Waals surface area (Å²) in [6.07, 6.45) is 6.32. The standard InChI is InChI=1S/C23H33ClN4O3/c1-30-15-9-22(29)25-19-5-2-17(3-6-19)8-10-27-11-13-28(14-12-27)23-20-7-4-18(24)16-21(20)31-26-23/h4,7,16-17,19H,2-3,5-6,8-15H2,1H3,(H,25,29)/t17-,19-. The minimum atomic E-state index is 0.117. The zero-order valence-electron chi connectivity index (χ0n) is 18.3. The number of anilines is 1. The molecule has 1 aliphatic carbocycles. The number of rotatable bonds is 8. The number of ether oxygens (including phenoxy) is 1. The molecule has 1 aromatic heterocycles. The Morgan fingerprint density at radius 2 is 2.00 bits per heavy atom. The third-order valence-corrected chi connectivity index (χ3v) is 6.92. The molecular formula is C23H33ClN4O3. The van der Waals surface area contributed by atoms with E-state index in [4.69, 9.17) is 20.9 Å². The number of nitrogens with zero attached hydrogens (tertiary/aromatic N) is 3. The Kier molecular flexibility index (Phi) is 7.69. The van der Waals surface area contributed by atoms with Crippen molar-refractivity contribution in [1.29, 1.82) is 0 Å². The normalized spacial score (nSPS) is 22.7. The fraction of sp³-hybridized carbons (Fsp3) is 0.652. The first-order chi connectivity index (χ1) is 15.1. The third-order valence-electron chi connectivity index (χ3n) is 6.69. The summed E-state index contributed by atoms with van der Waals surface area (Å²) >= 11 is 6.05. The van der Waals surface area contributed by atoms with Crippen molar-refractivity contribution < 1.29 is 14.1 Å². The second-order valence-electron chi connectivity index (χ2n) is 8.79. The van der Waals surface area contributed by atoms with Gasteiger partial charge in [-0.15, -0.1) is 0 Å². The van der Waals surface area contributed by atoms with E-state index in [9.17, 15) is 4.79 Å². The molecule has 0 spiro atoms. The molecule has 1 aromatic carbocycles. The molecule has 4 rings (SSSR count). The van der Waals surface area contributed by atoms with Gasteiger partial charge in [-0.3, -0.25) is 9.69 Å². The van der Waals surface area contributed by atoms with Gasteiger partial charge in [0.1, 0.15) is 0 Å². The quantitative estimate of drug-likeness (QED) is 0.663. The Labute approximate surface area is 189 Å². The molecule has 1 saturated carbocycles. The van der Waals surface area contributed by atoms with Crippen LogP contribution in [-0.4, -0.2) is 68.4 Å². The number of carbonyl (C=O) groups excluding carboxylic acids is 1. The van der Waals surface area contributed by atoms with Gasteiger partial charge in [-0.25, -0.2) is 0 Å². The van der Waals surface area contributed by atoms with E-state index in [2.05, 4.69) is 20.3 Å². The number of piperazine rings is 1. The Bertz CT molecular complexity index is 858. The van der Waals surface area contributed by atoms with Gasteiger partial charge in [0.2, 0.25) is 5.91 Å². The minimum absolute atomic E-state index is 0.117. The molecule has 1 saturated heterocycles. The zero-order valence-corrected chi connectivity index (χ0v) is 19.1. The highest BCUT2D eigenvalue weighted by Gasteiger charge is 2.25. The molecule has 0 radical (unpaired) electrons. The molecule has 1 N–H and O–H groups in total. The molecule has 7 nitrogen and oxygen atoms in total. The average Bonchev–Trinajstić information content (AvgIpc) is 3.20. The summed E-state index contributed by atoms with van der Waals surface area (Å²) in [5, 5.41) is 9.14. The van der Waals surface area contributed by atoms with Gasteiger partial charge >= 0.3 is 0 Å². The van der Waals surface area contributed by atoms with Gasteiger partial charge in [-0.05, 0) is 56.7 Å². The van der Waals surface area contributed by atoms with Crippen LogP contribution in [0.1, 0.15) is 38.5 Å². The highest BCUT2D eigenvalue weighted by Crippen LogP contribution is 2.30. The van der Waals surface area contributed by atoms with Crippen molar-refractivity contribution in [3.63, 3.8) is 0 Å². The fourth-order valence-electron chi connectivity index (χ4n) is 4.76. The van der Waals surface area contributed by atoms with Gasteiger partial charge in [-0.1, -0.05) is 16.8 Å². The molecule has 1 amide bonds. The highest BCUT2D eigenvalue weighted by atomic mass is 35.5. The predicted molar refractivity (Wildman–Crippen MR) is 123 cm³/mol. The first-order valence-corrected chi connectivity index (χ1v) is 11.8. The Morgan fingerprint density at radius 3 is 2.74 bits per heavy atom. The van der Waals surface area contributed by atoms with Crippen LogP contribution < -0.4 is 10.2 Å². The highest BCUT2D eigenvalue weighted by molar-refractivity contribution is 6.31. The van der Waals surface area contributed by atoms with Crippen molar-refractivity contribution >= 4 is 34.3 Å². The summed E-state index contributed by atoms with van der Waals surface area (Å²) in [6.45, 7) is 5.67. The van der Waals surface area contributed by atoms with E-state index in [0.29, 0.717) is 24.1 Å². The largest absolute Gasteiger partial charge is 0.384 e. The van der Waals surface area contributed by atoms with Crippen molar-refractivity contribution in [2.24, 2.45) is 5.92 Å². The maximum atomic E-state index is 11.9. The summed E-state index contributed by atoms with van der Waals surface area (Å²) in [7, 11) is 1.63. The van der Waals surface area contributed by atoms with E-state index >= 15 is 0 Å². The van der Waals surface area contributed by atoms with Crippen LogP contribution >= 0.6 is 11.6 Å².